The molecule has 0 saturated carbocycles. The van der Waals surface area contributed by atoms with E-state index in [0.29, 0.717) is 24.5 Å². The Morgan fingerprint density at radius 1 is 1.35 bits per heavy atom. The summed E-state index contributed by atoms with van der Waals surface area (Å²) in [6.45, 7) is 2.70. The Kier molecular flexibility index (Phi) is 5.59. The van der Waals surface area contributed by atoms with E-state index in [1.807, 2.05) is 0 Å². The molecule has 0 aromatic carbocycles. The van der Waals surface area contributed by atoms with E-state index in [2.05, 4.69) is 0 Å². The molecule has 1 N–H and O–H groups in total. The minimum atomic E-state index is -1.05. The first-order valence-electron chi connectivity index (χ1n) is 7.12. The van der Waals surface area contributed by atoms with E-state index in [0.717, 1.165) is 0 Å². The third kappa shape index (κ3) is 4.23. The van der Waals surface area contributed by atoms with Gasteiger partial charge in [0.05, 0.1) is 31.2 Å². The molecule has 7 nitrogen and oxygen atoms in total. The summed E-state index contributed by atoms with van der Waals surface area (Å²) in [7, 11) is 1.55. The molecule has 1 amide bonds. The molecular weight excluding hydrogens is 302 g/mol. The molecule has 0 bridgehead atoms. The lowest BCUT2D eigenvalue weighted by atomic mass is 10.1. The van der Waals surface area contributed by atoms with Crippen LogP contribution >= 0.6 is 0 Å². The van der Waals surface area contributed by atoms with Gasteiger partial charge < -0.3 is 23.6 Å². The predicted octanol–water partition coefficient (Wildman–Crippen LogP) is 2.10. The molecule has 124 valence electrons. The van der Waals surface area contributed by atoms with E-state index in [1.165, 1.54) is 12.5 Å². The number of carbonyl (C=O) groups is 2. The summed E-state index contributed by atoms with van der Waals surface area (Å²) in [5, 5.41) is 8.95. The molecule has 0 saturated heterocycles. The van der Waals surface area contributed by atoms with Gasteiger partial charge in [0.25, 0.3) is 5.91 Å². The number of hydrogen-bond donors (Lipinski definition) is 1. The average molecular weight is 321 g/mol. The maximum atomic E-state index is 12.8. The van der Waals surface area contributed by atoms with Crippen LogP contribution in [0.1, 0.15) is 27.4 Å². The number of amides is 1. The van der Waals surface area contributed by atoms with Crippen molar-refractivity contribution in [3.8, 4) is 0 Å². The van der Waals surface area contributed by atoms with Gasteiger partial charge in [0.1, 0.15) is 17.9 Å². The summed E-state index contributed by atoms with van der Waals surface area (Å²) in [4.78, 5) is 25.3. The maximum absolute atomic E-state index is 12.8. The van der Waals surface area contributed by atoms with Gasteiger partial charge in [0, 0.05) is 19.2 Å². The van der Waals surface area contributed by atoms with Crippen LogP contribution in [0.25, 0.3) is 0 Å². The molecule has 0 atom stereocenters. The molecule has 0 radical (unpaired) electrons. The Labute approximate surface area is 133 Å². The number of furan rings is 2. The van der Waals surface area contributed by atoms with Crippen molar-refractivity contribution in [3.05, 3.63) is 47.3 Å². The first-order chi connectivity index (χ1) is 11.0. The fourth-order valence-corrected chi connectivity index (χ4v) is 2.26. The molecule has 0 aliphatic rings. The third-order valence-electron chi connectivity index (χ3n) is 3.36. The molecule has 0 spiro atoms. The number of carbonyl (C=O) groups excluding carboxylic acids is 1. The Hall–Kier alpha value is -2.54. The monoisotopic (exact) mass is 321 g/mol. The van der Waals surface area contributed by atoms with Crippen molar-refractivity contribution in [2.24, 2.45) is 0 Å². The summed E-state index contributed by atoms with van der Waals surface area (Å²) in [5.41, 5.74) is 0.892. The van der Waals surface area contributed by atoms with Crippen LogP contribution in [0, 0.1) is 6.92 Å². The van der Waals surface area contributed by atoms with E-state index in [9.17, 15) is 9.59 Å². The average Bonchev–Trinajstić information content (AvgIpc) is 3.12. The van der Waals surface area contributed by atoms with Crippen LogP contribution in [0.15, 0.2) is 33.5 Å². The van der Waals surface area contributed by atoms with Gasteiger partial charge in [-0.05, 0) is 19.1 Å². The quantitative estimate of drug-likeness (QED) is 0.800. The molecule has 2 heterocycles. The zero-order valence-electron chi connectivity index (χ0n) is 13.1. The number of rotatable bonds is 8. The minimum Gasteiger partial charge on any atom is -0.481 e. The number of methoxy groups -OCH3 is 1. The zero-order valence-corrected chi connectivity index (χ0v) is 13.1. The molecule has 0 fully saturated rings. The van der Waals surface area contributed by atoms with Gasteiger partial charge in [-0.2, -0.15) is 0 Å². The first kappa shape index (κ1) is 16.8. The number of hydrogen-bond acceptors (Lipinski definition) is 5. The van der Waals surface area contributed by atoms with Crippen LogP contribution in [0.5, 0.6) is 0 Å². The minimum absolute atomic E-state index is 0.155. The van der Waals surface area contributed by atoms with E-state index in [4.69, 9.17) is 18.7 Å². The molecule has 2 rings (SSSR count). The Morgan fingerprint density at radius 2 is 2.13 bits per heavy atom. The molecule has 0 aliphatic heterocycles. The lowest BCUT2D eigenvalue weighted by Crippen LogP contribution is -2.34. The van der Waals surface area contributed by atoms with E-state index in [1.54, 1.807) is 31.1 Å². The third-order valence-corrected chi connectivity index (χ3v) is 3.36. The predicted molar refractivity (Wildman–Crippen MR) is 80.1 cm³/mol. The smallest absolute Gasteiger partial charge is 0.311 e. The highest BCUT2D eigenvalue weighted by Crippen LogP contribution is 2.21. The number of aliphatic carboxylic acids is 1. The van der Waals surface area contributed by atoms with Crippen molar-refractivity contribution in [1.29, 1.82) is 0 Å². The fraction of sp³-hybridized carbons (Fsp3) is 0.375. The zero-order chi connectivity index (χ0) is 16.8. The molecule has 7 heteroatoms. The van der Waals surface area contributed by atoms with Crippen LogP contribution in [0.2, 0.25) is 0 Å². The number of aryl methyl sites for hydroxylation is 1. The van der Waals surface area contributed by atoms with Crippen molar-refractivity contribution in [3.63, 3.8) is 0 Å². The molecule has 2 aromatic rings. The van der Waals surface area contributed by atoms with Crippen LogP contribution in [-0.2, 0) is 22.5 Å². The number of nitrogens with zero attached hydrogens (tertiary/aromatic N) is 1. The summed E-state index contributed by atoms with van der Waals surface area (Å²) in [6, 6.07) is 3.51. The van der Waals surface area contributed by atoms with Crippen molar-refractivity contribution in [2.75, 3.05) is 20.3 Å². The lowest BCUT2D eigenvalue weighted by molar-refractivity contribution is -0.136. The SMILES string of the molecule is COCCN(Cc1ccco1)C(=O)c1c(C)coc1CC(=O)O. The molecular formula is C16H19NO6. The fourth-order valence-electron chi connectivity index (χ4n) is 2.26. The first-order valence-corrected chi connectivity index (χ1v) is 7.12. The van der Waals surface area contributed by atoms with Gasteiger partial charge in [0.2, 0.25) is 0 Å². The largest absolute Gasteiger partial charge is 0.481 e. The molecule has 0 unspecified atom stereocenters. The molecule has 23 heavy (non-hydrogen) atoms. The maximum Gasteiger partial charge on any atom is 0.311 e. The summed E-state index contributed by atoms with van der Waals surface area (Å²) < 4.78 is 15.6. The van der Waals surface area contributed by atoms with Gasteiger partial charge in [0.15, 0.2) is 0 Å². The highest BCUT2D eigenvalue weighted by molar-refractivity contribution is 5.97. The van der Waals surface area contributed by atoms with Gasteiger partial charge in [-0.15, -0.1) is 0 Å². The van der Waals surface area contributed by atoms with Gasteiger partial charge in [-0.25, -0.2) is 0 Å². The van der Waals surface area contributed by atoms with Gasteiger partial charge in [-0.1, -0.05) is 0 Å². The highest BCUT2D eigenvalue weighted by atomic mass is 16.5. The standard InChI is InChI=1S/C16H19NO6/c1-11-10-23-13(8-14(18)19)15(11)16(20)17(5-7-21-2)9-12-4-3-6-22-12/h3-4,6,10H,5,7-9H2,1-2H3,(H,18,19). The van der Waals surface area contributed by atoms with Crippen molar-refractivity contribution < 1.29 is 28.3 Å². The summed E-state index contributed by atoms with van der Waals surface area (Å²) in [5.74, 6) is -0.568. The Balaban J connectivity index is 2.25. The van der Waals surface area contributed by atoms with E-state index >= 15 is 0 Å². The normalized spacial score (nSPS) is 10.7. The van der Waals surface area contributed by atoms with Crippen molar-refractivity contribution in [1.82, 2.24) is 4.90 Å². The van der Waals surface area contributed by atoms with Crippen molar-refractivity contribution >= 4 is 11.9 Å². The Bertz CT molecular complexity index is 658. The van der Waals surface area contributed by atoms with Gasteiger partial charge >= 0.3 is 5.97 Å². The van der Waals surface area contributed by atoms with Crippen LogP contribution in [0.4, 0.5) is 0 Å². The second-order valence-electron chi connectivity index (χ2n) is 5.09. The highest BCUT2D eigenvalue weighted by Gasteiger charge is 2.25. The van der Waals surface area contributed by atoms with Crippen LogP contribution < -0.4 is 0 Å². The topological polar surface area (TPSA) is 93.1 Å². The Morgan fingerprint density at radius 3 is 2.74 bits per heavy atom. The van der Waals surface area contributed by atoms with E-state index in [-0.39, 0.29) is 30.2 Å². The summed E-state index contributed by atoms with van der Waals surface area (Å²) in [6.07, 6.45) is 2.59. The molecule has 2 aromatic heterocycles. The second kappa shape index (κ2) is 7.64. The van der Waals surface area contributed by atoms with Crippen LogP contribution in [0.3, 0.4) is 0 Å². The van der Waals surface area contributed by atoms with Gasteiger partial charge in [-0.3, -0.25) is 9.59 Å². The van der Waals surface area contributed by atoms with Crippen molar-refractivity contribution in [2.45, 2.75) is 19.9 Å². The van der Waals surface area contributed by atoms with E-state index < -0.39 is 5.97 Å². The molecule has 0 aliphatic carbocycles. The summed E-state index contributed by atoms with van der Waals surface area (Å²) >= 11 is 0. The number of carboxylic acid groups (broad SMARTS) is 1. The lowest BCUT2D eigenvalue weighted by Gasteiger charge is -2.21. The number of carboxylic acids is 1. The van der Waals surface area contributed by atoms with Crippen LogP contribution in [-0.4, -0.2) is 42.1 Å². The second-order valence-corrected chi connectivity index (χ2v) is 5.09. The number of ether oxygens (including phenoxy) is 1.